The smallest absolute Gasteiger partial charge is 0.326 e. The molecule has 34 nitrogen and oxygen atoms in total. The number of phenolic OH excluding ortho intramolecular Hbond substituents is 1. The summed E-state index contributed by atoms with van der Waals surface area (Å²) in [6, 6.07) is -5.41. The second-order valence-corrected chi connectivity index (χ2v) is 24.9. The molecule has 0 bridgehead atoms. The van der Waals surface area contributed by atoms with E-state index in [1.54, 1.807) is 71.9 Å². The number of aromatic hydroxyl groups is 1. The Bertz CT molecular complexity index is 3010. The molecule has 2 rings (SSSR count). The van der Waals surface area contributed by atoms with Gasteiger partial charge in [-0.1, -0.05) is 84.0 Å². The number of carboxylic acids is 3. The predicted molar refractivity (Wildman–Crippen MR) is 351 cm³/mol. The first-order chi connectivity index (χ1) is 46.0. The second-order valence-electron chi connectivity index (χ2n) is 24.9. The zero-order chi connectivity index (χ0) is 74.1. The number of aliphatic hydroxyl groups is 3. The standard InChI is InChI=1S/C64H99N13O21/c1-32(2)26-43(71-53(86)35(7)67-60(93)47(30-78)75-57(90)44(27-33(3)4)72-58(91)45(28-37-14-10-9-11-15-37)74-61(94)48(31-79)76-62(95)51(66)34(5)6)56(89)69-40(21-23-49(82)83)54(87)68-41(22-24-50(84)85)55(88)73-46(29-38-17-19-39(81)20-18-38)59(92)77-52(36(8)80)63(96)70-42(64(97)98)16-12-13-25-65/h9-11,14-15,17-20,32-36,40-48,51-52,78-81H,12-13,16,21-31,65-66H2,1-8H3,(H,67,93)(H,68,87)(H,69,89)(H,70,96)(H,71,86)(H,72,91)(H,73,88)(H,74,94)(H,75,90)(H,76,95)(H,77,92)(H,82,83)(H,84,85)(H,97,98)/t35-,36+,40-,41-,42-,43-,44-,45-,46-,47-,48-,51-,52-/m0/s1. The summed E-state index contributed by atoms with van der Waals surface area (Å²) in [6.07, 6.45) is -4.73. The third kappa shape index (κ3) is 30.8. The van der Waals surface area contributed by atoms with Crippen molar-refractivity contribution in [2.24, 2.45) is 29.2 Å². The van der Waals surface area contributed by atoms with Crippen molar-refractivity contribution in [3.8, 4) is 5.75 Å². The van der Waals surface area contributed by atoms with Crippen molar-refractivity contribution in [1.29, 1.82) is 0 Å². The van der Waals surface area contributed by atoms with Gasteiger partial charge in [-0.2, -0.15) is 0 Å². The molecule has 0 heterocycles. The van der Waals surface area contributed by atoms with Gasteiger partial charge in [-0.25, -0.2) is 4.79 Å². The molecule has 13 atom stereocenters. The number of benzene rings is 2. The minimum absolute atomic E-state index is 0.0544. The number of carbonyl (C=O) groups is 14. The van der Waals surface area contributed by atoms with Gasteiger partial charge in [0.2, 0.25) is 65.0 Å². The lowest BCUT2D eigenvalue weighted by atomic mass is 10.0. The molecule has 0 spiro atoms. The fraction of sp³-hybridized carbons (Fsp3) is 0.594. The fourth-order valence-corrected chi connectivity index (χ4v) is 9.55. The number of carboxylic acid groups (broad SMARTS) is 3. The molecule has 0 radical (unpaired) electrons. The lowest BCUT2D eigenvalue weighted by molar-refractivity contribution is -0.143. The molecule has 0 aliphatic heterocycles. The van der Waals surface area contributed by atoms with Gasteiger partial charge in [-0.3, -0.25) is 62.3 Å². The molecular formula is C64H99N13O21. The number of aliphatic hydroxyl groups excluding tert-OH is 3. The molecule has 0 fully saturated rings. The van der Waals surface area contributed by atoms with E-state index < -0.39 is 213 Å². The first kappa shape index (κ1) is 84.7. The minimum Gasteiger partial charge on any atom is -0.508 e. The molecule has 11 amide bonds. The molecule has 34 heteroatoms. The Labute approximate surface area is 567 Å². The molecule has 98 heavy (non-hydrogen) atoms. The second kappa shape index (κ2) is 43.0. The maximum atomic E-state index is 14.3. The van der Waals surface area contributed by atoms with Crippen molar-refractivity contribution in [1.82, 2.24) is 58.5 Å². The normalized spacial score (nSPS) is 15.2. The highest BCUT2D eigenvalue weighted by Gasteiger charge is 2.38. The Balaban J connectivity index is 2.42. The summed E-state index contributed by atoms with van der Waals surface area (Å²) in [5.41, 5.74) is 12.3. The SMILES string of the molecule is CC(C)C[C@H](NC(=O)[C@H](C)NC(=O)[C@H](CO)NC(=O)[C@H](CC(C)C)NC(=O)[C@H](Cc1ccccc1)NC(=O)[C@H](CO)NC(=O)[C@@H](N)C(C)C)C(=O)N[C@@H](CCC(=O)O)C(=O)N[C@@H](CCC(=O)O)C(=O)N[C@@H](Cc1ccc(O)cc1)C(=O)N[C@H](C(=O)N[C@@H](CCCCN)C(=O)O)[C@@H](C)O. The number of rotatable bonds is 45. The Kier molecular flexibility index (Phi) is 37.2. The summed E-state index contributed by atoms with van der Waals surface area (Å²) in [7, 11) is 0. The first-order valence-electron chi connectivity index (χ1n) is 32.2. The first-order valence-corrected chi connectivity index (χ1v) is 32.2. The number of aliphatic carboxylic acids is 3. The van der Waals surface area contributed by atoms with E-state index in [4.69, 9.17) is 11.5 Å². The molecule has 0 aliphatic carbocycles. The molecular weight excluding hydrogens is 1290 g/mol. The monoisotopic (exact) mass is 1390 g/mol. The van der Waals surface area contributed by atoms with E-state index in [1.807, 2.05) is 0 Å². The molecule has 0 unspecified atom stereocenters. The number of hydrogen-bond donors (Lipinski definition) is 20. The highest BCUT2D eigenvalue weighted by molar-refractivity contribution is 5.99. The van der Waals surface area contributed by atoms with Crippen LogP contribution in [0.15, 0.2) is 54.6 Å². The van der Waals surface area contributed by atoms with E-state index >= 15 is 0 Å². The number of phenols is 1. The highest BCUT2D eigenvalue weighted by atomic mass is 16.4. The van der Waals surface area contributed by atoms with Gasteiger partial charge < -0.3 is 106 Å². The third-order valence-corrected chi connectivity index (χ3v) is 15.2. The number of carbonyl (C=O) groups excluding carboxylic acids is 11. The van der Waals surface area contributed by atoms with Gasteiger partial charge in [0.15, 0.2) is 0 Å². The lowest BCUT2D eigenvalue weighted by Crippen LogP contribution is -2.61. The van der Waals surface area contributed by atoms with Crippen molar-refractivity contribution < 1.29 is 103 Å². The van der Waals surface area contributed by atoms with Crippen LogP contribution in [0.5, 0.6) is 5.75 Å². The van der Waals surface area contributed by atoms with Crippen LogP contribution in [0, 0.1) is 17.8 Å². The number of unbranched alkanes of at least 4 members (excludes halogenated alkanes) is 1. The quantitative estimate of drug-likeness (QED) is 0.0280. The number of amides is 11. The molecule has 0 aromatic heterocycles. The summed E-state index contributed by atoms with van der Waals surface area (Å²) in [4.78, 5) is 188. The van der Waals surface area contributed by atoms with Crippen LogP contribution in [0.2, 0.25) is 0 Å². The van der Waals surface area contributed by atoms with Crippen LogP contribution < -0.4 is 70.0 Å². The van der Waals surface area contributed by atoms with Gasteiger partial charge in [-0.05, 0) is 106 Å². The number of nitrogens with one attached hydrogen (secondary N) is 11. The van der Waals surface area contributed by atoms with Crippen molar-refractivity contribution in [3.05, 3.63) is 65.7 Å². The maximum Gasteiger partial charge on any atom is 0.326 e. The Morgan fingerprint density at radius 2 is 0.776 bits per heavy atom. The largest absolute Gasteiger partial charge is 0.508 e. The zero-order valence-electron chi connectivity index (χ0n) is 56.3. The highest BCUT2D eigenvalue weighted by Crippen LogP contribution is 2.15. The molecule has 0 saturated carbocycles. The van der Waals surface area contributed by atoms with Gasteiger partial charge in [0.25, 0.3) is 0 Å². The summed E-state index contributed by atoms with van der Waals surface area (Å²) in [5.74, 6) is -17.1. The summed E-state index contributed by atoms with van der Waals surface area (Å²) >= 11 is 0. The Morgan fingerprint density at radius 3 is 1.19 bits per heavy atom. The Hall–Kier alpha value is -9.38. The molecule has 0 aliphatic rings. The van der Waals surface area contributed by atoms with Crippen molar-refractivity contribution in [2.75, 3.05) is 19.8 Å². The van der Waals surface area contributed by atoms with E-state index in [0.29, 0.717) is 18.4 Å². The van der Waals surface area contributed by atoms with E-state index in [-0.39, 0.29) is 55.4 Å². The Morgan fingerprint density at radius 1 is 0.408 bits per heavy atom. The molecule has 546 valence electrons. The lowest BCUT2D eigenvalue weighted by Gasteiger charge is -2.28. The summed E-state index contributed by atoms with van der Waals surface area (Å²) in [5, 5.41) is 96.4. The molecule has 22 N–H and O–H groups in total. The van der Waals surface area contributed by atoms with E-state index in [1.165, 1.54) is 31.2 Å². The van der Waals surface area contributed by atoms with Gasteiger partial charge >= 0.3 is 17.9 Å². The van der Waals surface area contributed by atoms with Gasteiger partial charge in [0, 0.05) is 25.7 Å². The van der Waals surface area contributed by atoms with Crippen LogP contribution in [0.3, 0.4) is 0 Å². The zero-order valence-corrected chi connectivity index (χ0v) is 56.3. The van der Waals surface area contributed by atoms with E-state index in [2.05, 4.69) is 58.5 Å². The molecule has 2 aromatic rings. The van der Waals surface area contributed by atoms with E-state index in [0.717, 1.165) is 6.92 Å². The van der Waals surface area contributed by atoms with Crippen molar-refractivity contribution in [3.63, 3.8) is 0 Å². The van der Waals surface area contributed by atoms with Gasteiger partial charge in [0.05, 0.1) is 25.4 Å². The van der Waals surface area contributed by atoms with Crippen LogP contribution in [-0.2, 0) is 80.0 Å². The predicted octanol–water partition coefficient (Wildman–Crippen LogP) is -4.09. The summed E-state index contributed by atoms with van der Waals surface area (Å²) < 4.78 is 0. The van der Waals surface area contributed by atoms with Crippen molar-refractivity contribution in [2.45, 2.75) is 205 Å². The average molecular weight is 1390 g/mol. The van der Waals surface area contributed by atoms with Crippen LogP contribution in [0.25, 0.3) is 0 Å². The topological polar surface area (TPSA) is 565 Å². The number of hydrogen-bond acceptors (Lipinski definition) is 20. The van der Waals surface area contributed by atoms with E-state index in [9.17, 15) is 103 Å². The van der Waals surface area contributed by atoms with Crippen LogP contribution in [-0.4, -0.2) is 217 Å². The van der Waals surface area contributed by atoms with Gasteiger partial charge in [0.1, 0.15) is 72.2 Å². The molecule has 0 saturated heterocycles. The number of nitrogens with two attached hydrogens (primary N) is 2. The van der Waals surface area contributed by atoms with Gasteiger partial charge in [-0.15, -0.1) is 0 Å². The fourth-order valence-electron chi connectivity index (χ4n) is 9.55. The molecule has 2 aromatic carbocycles. The minimum atomic E-state index is -1.87. The third-order valence-electron chi connectivity index (χ3n) is 15.2. The average Bonchev–Trinajstić information content (AvgIpc) is 0.872. The summed E-state index contributed by atoms with van der Waals surface area (Å²) in [6.45, 7) is 10.7. The van der Waals surface area contributed by atoms with Crippen LogP contribution in [0.4, 0.5) is 0 Å². The van der Waals surface area contributed by atoms with Crippen molar-refractivity contribution >= 4 is 82.9 Å². The van der Waals surface area contributed by atoms with Crippen LogP contribution in [0.1, 0.15) is 124 Å². The maximum absolute atomic E-state index is 14.3. The van der Waals surface area contributed by atoms with Crippen LogP contribution >= 0.6 is 0 Å².